The van der Waals surface area contributed by atoms with Gasteiger partial charge in [-0.05, 0) is 111 Å². The highest BCUT2D eigenvalue weighted by molar-refractivity contribution is 5.64. The summed E-state index contributed by atoms with van der Waals surface area (Å²) in [6, 6.07) is 18.5. The summed E-state index contributed by atoms with van der Waals surface area (Å²) in [5.41, 5.74) is 2.30. The van der Waals surface area contributed by atoms with Gasteiger partial charge in [0, 0.05) is 37.7 Å². The van der Waals surface area contributed by atoms with Gasteiger partial charge >= 0.3 is 6.18 Å². The van der Waals surface area contributed by atoms with Crippen LogP contribution in [0, 0.1) is 5.92 Å². The van der Waals surface area contributed by atoms with E-state index >= 15 is 0 Å². The summed E-state index contributed by atoms with van der Waals surface area (Å²) in [6.07, 6.45) is 4.41. The van der Waals surface area contributed by atoms with Gasteiger partial charge in [0.05, 0.1) is 16.6 Å². The number of ether oxygens (including phenoxy) is 2. The van der Waals surface area contributed by atoms with E-state index in [1.54, 1.807) is 6.07 Å². The molecule has 5 aliphatic rings. The summed E-state index contributed by atoms with van der Waals surface area (Å²) >= 11 is 0. The SMILES string of the molecule is CN(CC/C=C1/CC[C@@]2(O)[C@H]3Cc4ccc(O)c5c4[C@@]2(CCN3CC2CC2)[C@H]1O5)CCC(Oc1ccc(C(F)(F)F)cc1)c1ccccc1. The van der Waals surface area contributed by atoms with Crippen molar-refractivity contribution in [1.82, 2.24) is 9.80 Å². The number of phenols is 1. The maximum Gasteiger partial charge on any atom is 0.416 e. The fourth-order valence-corrected chi connectivity index (χ4v) is 9.31. The molecule has 0 amide bonds. The molecule has 3 fully saturated rings. The van der Waals surface area contributed by atoms with Crippen LogP contribution < -0.4 is 9.47 Å². The second kappa shape index (κ2) is 12.4. The maximum atomic E-state index is 13.1. The Morgan fingerprint density at radius 3 is 2.55 bits per heavy atom. The van der Waals surface area contributed by atoms with Gasteiger partial charge in [-0.1, -0.05) is 42.5 Å². The van der Waals surface area contributed by atoms with Gasteiger partial charge in [0.2, 0.25) is 0 Å². The van der Waals surface area contributed by atoms with Crippen LogP contribution in [0.2, 0.25) is 0 Å². The van der Waals surface area contributed by atoms with Crippen LogP contribution in [0.15, 0.2) is 78.4 Å². The van der Waals surface area contributed by atoms with Crippen LogP contribution in [0.25, 0.3) is 0 Å². The van der Waals surface area contributed by atoms with E-state index in [4.69, 9.17) is 9.47 Å². The van der Waals surface area contributed by atoms with E-state index in [0.717, 1.165) is 81.0 Å². The van der Waals surface area contributed by atoms with Crippen molar-refractivity contribution in [3.05, 3.63) is 101 Å². The average molecular weight is 675 g/mol. The molecule has 8 rings (SSSR count). The molecular weight excluding hydrogens is 629 g/mol. The fourth-order valence-electron chi connectivity index (χ4n) is 9.31. The molecule has 2 bridgehead atoms. The molecule has 49 heavy (non-hydrogen) atoms. The first kappa shape index (κ1) is 32.7. The lowest BCUT2D eigenvalue weighted by Crippen LogP contribution is -2.75. The number of hydrogen-bond acceptors (Lipinski definition) is 6. The van der Waals surface area contributed by atoms with Crippen molar-refractivity contribution in [3.63, 3.8) is 0 Å². The lowest BCUT2D eigenvalue weighted by Gasteiger charge is -2.63. The Bertz CT molecular complexity index is 1710. The normalized spacial score (nSPS) is 28.7. The van der Waals surface area contributed by atoms with Crippen LogP contribution in [-0.4, -0.2) is 71.0 Å². The van der Waals surface area contributed by atoms with Crippen molar-refractivity contribution >= 4 is 0 Å². The summed E-state index contributed by atoms with van der Waals surface area (Å²) in [5.74, 6) is 1.88. The zero-order chi connectivity index (χ0) is 34.0. The number of phenolic OH excluding ortho intramolecular Hbond substituents is 1. The number of likely N-dealkylation sites (tertiary alicyclic amines) is 1. The molecule has 260 valence electrons. The van der Waals surface area contributed by atoms with Crippen molar-refractivity contribution in [2.45, 2.75) is 86.8 Å². The standard InChI is InChI=1S/C40H45F3N2O4/c1-44(22-18-33(27-6-3-2-4-7-27)48-31-14-12-30(13-15-31)40(41,42)43)21-5-8-28-17-19-39(47)34-24-29-11-16-32(46)36-35(29)38(39,37(28)49-36)20-23-45(34)25-26-9-10-26/h2-4,6-8,11-16,26,33-34,37,46-47H,5,9-10,17-25H2,1H3/b28-8-/t33?,34-,37+,38+,39-/m1/s1. The first-order chi connectivity index (χ1) is 23.6. The number of alkyl halides is 3. The highest BCUT2D eigenvalue weighted by Crippen LogP contribution is 2.66. The summed E-state index contributed by atoms with van der Waals surface area (Å²) in [4.78, 5) is 4.81. The predicted molar refractivity (Wildman–Crippen MR) is 181 cm³/mol. The molecular formula is C40H45F3N2O4. The summed E-state index contributed by atoms with van der Waals surface area (Å²) in [7, 11) is 2.07. The van der Waals surface area contributed by atoms with Gasteiger partial charge < -0.3 is 24.6 Å². The van der Waals surface area contributed by atoms with Gasteiger partial charge in [-0.3, -0.25) is 4.90 Å². The Balaban J connectivity index is 0.957. The maximum absolute atomic E-state index is 13.1. The largest absolute Gasteiger partial charge is 0.504 e. The van der Waals surface area contributed by atoms with E-state index in [0.29, 0.717) is 24.3 Å². The lowest BCUT2D eigenvalue weighted by molar-refractivity contribution is -0.174. The molecule has 9 heteroatoms. The highest BCUT2D eigenvalue weighted by atomic mass is 19.4. The Morgan fingerprint density at radius 2 is 1.82 bits per heavy atom. The molecule has 1 saturated heterocycles. The number of nitrogens with zero attached hydrogens (tertiary/aromatic N) is 2. The molecule has 3 aromatic rings. The first-order valence-corrected chi connectivity index (χ1v) is 17.8. The smallest absolute Gasteiger partial charge is 0.416 e. The number of piperidine rings is 1. The minimum atomic E-state index is -4.39. The molecule has 2 saturated carbocycles. The first-order valence-electron chi connectivity index (χ1n) is 17.8. The fraction of sp³-hybridized carbons (Fsp3) is 0.500. The van der Waals surface area contributed by atoms with Gasteiger partial charge in [0.25, 0.3) is 0 Å². The van der Waals surface area contributed by atoms with Crippen molar-refractivity contribution in [1.29, 1.82) is 0 Å². The molecule has 0 aromatic heterocycles. The average Bonchev–Trinajstić information content (AvgIpc) is 3.83. The third kappa shape index (κ3) is 5.71. The third-order valence-corrected chi connectivity index (χ3v) is 12.0. The molecule has 1 spiro atoms. The molecule has 2 heterocycles. The van der Waals surface area contributed by atoms with Crippen molar-refractivity contribution in [2.75, 3.05) is 33.2 Å². The van der Waals surface area contributed by atoms with Crippen molar-refractivity contribution < 1.29 is 32.9 Å². The lowest BCUT2D eigenvalue weighted by atomic mass is 9.48. The molecule has 6 nitrogen and oxygen atoms in total. The summed E-state index contributed by atoms with van der Waals surface area (Å²) in [6.45, 7) is 3.53. The zero-order valence-electron chi connectivity index (χ0n) is 28.0. The van der Waals surface area contributed by atoms with Gasteiger partial charge in [0.1, 0.15) is 18.0 Å². The Morgan fingerprint density at radius 1 is 1.04 bits per heavy atom. The molecule has 0 radical (unpaired) electrons. The number of halogens is 3. The summed E-state index contributed by atoms with van der Waals surface area (Å²) < 4.78 is 52.2. The highest BCUT2D eigenvalue weighted by Gasteiger charge is 2.72. The monoisotopic (exact) mass is 674 g/mol. The Hall–Kier alpha value is -3.53. The molecule has 3 aromatic carbocycles. The van der Waals surface area contributed by atoms with Crippen LogP contribution in [0.5, 0.6) is 17.2 Å². The quantitative estimate of drug-likeness (QED) is 0.206. The van der Waals surface area contributed by atoms with Gasteiger partial charge in [-0.15, -0.1) is 0 Å². The van der Waals surface area contributed by atoms with Gasteiger partial charge in [-0.2, -0.15) is 13.2 Å². The van der Waals surface area contributed by atoms with Crippen LogP contribution in [0.3, 0.4) is 0 Å². The van der Waals surface area contributed by atoms with E-state index in [9.17, 15) is 23.4 Å². The van der Waals surface area contributed by atoms with Crippen LogP contribution in [0.4, 0.5) is 13.2 Å². The van der Waals surface area contributed by atoms with Gasteiger partial charge in [0.15, 0.2) is 11.5 Å². The van der Waals surface area contributed by atoms with E-state index < -0.39 is 22.8 Å². The minimum absolute atomic E-state index is 0.0611. The Kier molecular flexibility index (Phi) is 8.24. The number of benzene rings is 3. The third-order valence-electron chi connectivity index (χ3n) is 12.0. The van der Waals surface area contributed by atoms with E-state index in [-0.39, 0.29) is 24.0 Å². The molecule has 3 aliphatic carbocycles. The zero-order valence-corrected chi connectivity index (χ0v) is 28.0. The molecule has 1 unspecified atom stereocenters. The predicted octanol–water partition coefficient (Wildman–Crippen LogP) is 7.43. The number of hydrogen-bond donors (Lipinski definition) is 2. The van der Waals surface area contributed by atoms with Crippen LogP contribution in [-0.2, 0) is 18.0 Å². The molecule has 5 atom stereocenters. The summed E-state index contributed by atoms with van der Waals surface area (Å²) in [5, 5.41) is 23.6. The van der Waals surface area contributed by atoms with E-state index in [1.807, 2.05) is 36.4 Å². The second-order valence-corrected chi connectivity index (χ2v) is 14.9. The minimum Gasteiger partial charge on any atom is -0.504 e. The van der Waals surface area contributed by atoms with Crippen LogP contribution in [0.1, 0.15) is 73.3 Å². The second-order valence-electron chi connectivity index (χ2n) is 14.9. The molecule has 2 N–H and O–H groups in total. The van der Waals surface area contributed by atoms with E-state index in [2.05, 4.69) is 22.9 Å². The number of aliphatic hydroxyl groups is 1. The van der Waals surface area contributed by atoms with Crippen LogP contribution >= 0.6 is 0 Å². The number of aromatic hydroxyl groups is 1. The van der Waals surface area contributed by atoms with Crippen molar-refractivity contribution in [2.24, 2.45) is 5.92 Å². The molecule has 2 aliphatic heterocycles. The van der Waals surface area contributed by atoms with E-state index in [1.165, 1.54) is 36.1 Å². The Labute approximate surface area is 286 Å². The topological polar surface area (TPSA) is 65.4 Å². The van der Waals surface area contributed by atoms with Gasteiger partial charge in [-0.25, -0.2) is 0 Å². The number of rotatable bonds is 11. The van der Waals surface area contributed by atoms with Crippen molar-refractivity contribution in [3.8, 4) is 17.2 Å².